The molecule has 0 fully saturated rings. The maximum absolute atomic E-state index is 13.1. The van der Waals surface area contributed by atoms with Crippen LogP contribution in [0, 0.1) is 11.7 Å². The van der Waals surface area contributed by atoms with Crippen molar-refractivity contribution in [3.63, 3.8) is 0 Å². The smallest absolute Gasteiger partial charge is 0.228 e. The Bertz CT molecular complexity index is 554. The van der Waals surface area contributed by atoms with Crippen molar-refractivity contribution in [2.24, 2.45) is 11.7 Å². The van der Waals surface area contributed by atoms with Crippen LogP contribution >= 0.6 is 0 Å². The summed E-state index contributed by atoms with van der Waals surface area (Å²) in [6, 6.07) is 6.42. The Morgan fingerprint density at radius 3 is 2.85 bits per heavy atom. The molecule has 0 saturated carbocycles. The van der Waals surface area contributed by atoms with Crippen molar-refractivity contribution in [3.05, 3.63) is 47.4 Å². The van der Waals surface area contributed by atoms with Gasteiger partial charge in [0.2, 0.25) is 5.89 Å². The van der Waals surface area contributed by atoms with E-state index in [2.05, 4.69) is 24.0 Å². The van der Waals surface area contributed by atoms with Crippen molar-refractivity contribution in [3.8, 4) is 0 Å². The van der Waals surface area contributed by atoms with Crippen LogP contribution in [0.4, 0.5) is 4.39 Å². The maximum Gasteiger partial charge on any atom is 0.228 e. The van der Waals surface area contributed by atoms with E-state index in [0.717, 1.165) is 12.0 Å². The molecule has 0 bridgehead atoms. The fourth-order valence-corrected chi connectivity index (χ4v) is 2.19. The summed E-state index contributed by atoms with van der Waals surface area (Å²) in [7, 11) is 0. The second-order valence-electron chi connectivity index (χ2n) is 5.50. The van der Waals surface area contributed by atoms with Gasteiger partial charge in [0, 0.05) is 18.9 Å². The molecule has 2 aromatic rings. The first-order chi connectivity index (χ1) is 9.52. The van der Waals surface area contributed by atoms with Crippen molar-refractivity contribution in [2.45, 2.75) is 39.2 Å². The summed E-state index contributed by atoms with van der Waals surface area (Å²) in [5, 5.41) is 3.91. The summed E-state index contributed by atoms with van der Waals surface area (Å²) in [6.07, 6.45) is 1.95. The van der Waals surface area contributed by atoms with E-state index < -0.39 is 0 Å². The van der Waals surface area contributed by atoms with Crippen molar-refractivity contribution >= 4 is 0 Å². The van der Waals surface area contributed by atoms with E-state index >= 15 is 0 Å². The van der Waals surface area contributed by atoms with E-state index in [-0.39, 0.29) is 11.9 Å². The van der Waals surface area contributed by atoms with Crippen molar-refractivity contribution < 1.29 is 8.91 Å². The van der Waals surface area contributed by atoms with E-state index in [1.54, 1.807) is 6.07 Å². The highest BCUT2D eigenvalue weighted by molar-refractivity contribution is 5.19. The third kappa shape index (κ3) is 4.42. The Morgan fingerprint density at radius 1 is 1.35 bits per heavy atom. The zero-order valence-corrected chi connectivity index (χ0v) is 11.8. The van der Waals surface area contributed by atoms with Gasteiger partial charge in [0.15, 0.2) is 5.82 Å². The molecule has 0 amide bonds. The summed E-state index contributed by atoms with van der Waals surface area (Å²) in [5.74, 6) is 1.39. The molecule has 1 atom stereocenters. The number of benzene rings is 1. The Labute approximate surface area is 118 Å². The molecule has 1 aromatic carbocycles. The minimum absolute atomic E-state index is 0.0254. The standard InChI is InChI=1S/C15H20FN3O/c1-10(2)6-13(17)9-15-18-14(19-20-15)8-11-4-3-5-12(16)7-11/h3-5,7,10,13H,6,8-9,17H2,1-2H3. The zero-order chi connectivity index (χ0) is 14.5. The average Bonchev–Trinajstić information content (AvgIpc) is 2.75. The van der Waals surface area contributed by atoms with Crippen LogP contribution in [-0.2, 0) is 12.8 Å². The van der Waals surface area contributed by atoms with Gasteiger partial charge in [-0.15, -0.1) is 0 Å². The van der Waals surface area contributed by atoms with Crippen LogP contribution in [0.15, 0.2) is 28.8 Å². The first-order valence-electron chi connectivity index (χ1n) is 6.84. The number of rotatable bonds is 6. The summed E-state index contributed by atoms with van der Waals surface area (Å²) < 4.78 is 18.3. The van der Waals surface area contributed by atoms with E-state index in [1.165, 1.54) is 12.1 Å². The van der Waals surface area contributed by atoms with Gasteiger partial charge in [-0.1, -0.05) is 31.1 Å². The minimum Gasteiger partial charge on any atom is -0.339 e. The van der Waals surface area contributed by atoms with E-state index in [9.17, 15) is 4.39 Å². The van der Waals surface area contributed by atoms with Crippen molar-refractivity contribution in [1.29, 1.82) is 0 Å². The molecule has 1 heterocycles. The van der Waals surface area contributed by atoms with E-state index in [0.29, 0.717) is 30.5 Å². The quantitative estimate of drug-likeness (QED) is 0.881. The average molecular weight is 277 g/mol. The van der Waals surface area contributed by atoms with Gasteiger partial charge in [-0.2, -0.15) is 4.98 Å². The second kappa shape index (κ2) is 6.61. The molecule has 1 unspecified atom stereocenters. The Kier molecular flexibility index (Phi) is 4.84. The molecule has 4 nitrogen and oxygen atoms in total. The number of hydrogen-bond donors (Lipinski definition) is 1. The molecule has 0 aliphatic carbocycles. The fourth-order valence-electron chi connectivity index (χ4n) is 2.19. The van der Waals surface area contributed by atoms with Gasteiger partial charge in [0.1, 0.15) is 5.82 Å². The highest BCUT2D eigenvalue weighted by Crippen LogP contribution is 2.11. The number of halogens is 1. The van der Waals surface area contributed by atoms with Crippen LogP contribution in [0.3, 0.4) is 0 Å². The number of nitrogens with two attached hydrogens (primary N) is 1. The van der Waals surface area contributed by atoms with E-state index in [4.69, 9.17) is 10.3 Å². The third-order valence-electron chi connectivity index (χ3n) is 2.97. The van der Waals surface area contributed by atoms with Crippen LogP contribution < -0.4 is 5.73 Å². The van der Waals surface area contributed by atoms with Crippen LogP contribution in [-0.4, -0.2) is 16.2 Å². The molecule has 0 aliphatic heterocycles. The molecule has 1 aromatic heterocycles. The molecular weight excluding hydrogens is 257 g/mol. The summed E-state index contributed by atoms with van der Waals surface area (Å²) in [4.78, 5) is 4.30. The lowest BCUT2D eigenvalue weighted by Crippen LogP contribution is -2.24. The van der Waals surface area contributed by atoms with Crippen molar-refractivity contribution in [2.75, 3.05) is 0 Å². The van der Waals surface area contributed by atoms with Crippen LogP contribution in [0.1, 0.15) is 37.5 Å². The van der Waals surface area contributed by atoms with Gasteiger partial charge in [-0.05, 0) is 30.0 Å². The molecule has 0 spiro atoms. The van der Waals surface area contributed by atoms with Crippen LogP contribution in [0.5, 0.6) is 0 Å². The second-order valence-corrected chi connectivity index (χ2v) is 5.50. The van der Waals surface area contributed by atoms with Crippen molar-refractivity contribution in [1.82, 2.24) is 10.1 Å². The highest BCUT2D eigenvalue weighted by atomic mass is 19.1. The first-order valence-corrected chi connectivity index (χ1v) is 6.84. The topological polar surface area (TPSA) is 64.9 Å². The van der Waals surface area contributed by atoms with Gasteiger partial charge in [-0.3, -0.25) is 0 Å². The predicted molar refractivity (Wildman–Crippen MR) is 74.6 cm³/mol. The third-order valence-corrected chi connectivity index (χ3v) is 2.97. The number of aromatic nitrogens is 2. The molecule has 5 heteroatoms. The molecule has 0 aliphatic rings. The van der Waals surface area contributed by atoms with Crippen LogP contribution in [0.25, 0.3) is 0 Å². The molecule has 0 radical (unpaired) electrons. The normalized spacial score (nSPS) is 12.8. The Hall–Kier alpha value is -1.75. The predicted octanol–water partition coefficient (Wildman–Crippen LogP) is 2.72. The molecule has 2 N–H and O–H groups in total. The summed E-state index contributed by atoms with van der Waals surface area (Å²) >= 11 is 0. The number of hydrogen-bond acceptors (Lipinski definition) is 4. The van der Waals surface area contributed by atoms with Gasteiger partial charge in [0.05, 0.1) is 0 Å². The SMILES string of the molecule is CC(C)CC(N)Cc1nc(Cc2cccc(F)c2)no1. The zero-order valence-electron chi connectivity index (χ0n) is 11.8. The fraction of sp³-hybridized carbons (Fsp3) is 0.467. The Morgan fingerprint density at radius 2 is 2.15 bits per heavy atom. The van der Waals surface area contributed by atoms with Gasteiger partial charge >= 0.3 is 0 Å². The molecule has 0 saturated heterocycles. The number of nitrogens with zero attached hydrogens (tertiary/aromatic N) is 2. The molecule has 2 rings (SSSR count). The van der Waals surface area contributed by atoms with Gasteiger partial charge in [0.25, 0.3) is 0 Å². The Balaban J connectivity index is 1.95. The minimum atomic E-state index is -0.259. The molecular formula is C15H20FN3O. The molecule has 20 heavy (non-hydrogen) atoms. The first kappa shape index (κ1) is 14.7. The summed E-state index contributed by atoms with van der Waals surface area (Å²) in [5.41, 5.74) is 6.83. The van der Waals surface area contributed by atoms with Crippen LogP contribution in [0.2, 0.25) is 0 Å². The lowest BCUT2D eigenvalue weighted by Gasteiger charge is -2.10. The van der Waals surface area contributed by atoms with E-state index in [1.807, 2.05) is 6.07 Å². The summed E-state index contributed by atoms with van der Waals surface area (Å²) in [6.45, 7) is 4.26. The monoisotopic (exact) mass is 277 g/mol. The lowest BCUT2D eigenvalue weighted by molar-refractivity contribution is 0.355. The van der Waals surface area contributed by atoms with Gasteiger partial charge < -0.3 is 10.3 Å². The molecule has 108 valence electrons. The highest BCUT2D eigenvalue weighted by Gasteiger charge is 2.13. The largest absolute Gasteiger partial charge is 0.339 e. The maximum atomic E-state index is 13.1. The lowest BCUT2D eigenvalue weighted by atomic mass is 10.0. The van der Waals surface area contributed by atoms with Gasteiger partial charge in [-0.25, -0.2) is 4.39 Å².